The highest BCUT2D eigenvalue weighted by molar-refractivity contribution is 6.00. The van der Waals surface area contributed by atoms with Crippen molar-refractivity contribution in [3.05, 3.63) is 0 Å². The van der Waals surface area contributed by atoms with Gasteiger partial charge in [-0.25, -0.2) is 0 Å². The van der Waals surface area contributed by atoms with Crippen molar-refractivity contribution in [1.82, 2.24) is 10.2 Å². The lowest BCUT2D eigenvalue weighted by molar-refractivity contribution is -0.158. The third-order valence-electron chi connectivity index (χ3n) is 5.00. The molecule has 2 fully saturated rings. The van der Waals surface area contributed by atoms with Gasteiger partial charge in [-0.15, -0.1) is 0 Å². The molecule has 0 bridgehead atoms. The molecule has 1 saturated heterocycles. The average molecular weight is 294 g/mol. The average Bonchev–Trinajstić information content (AvgIpc) is 3.24. The second-order valence-corrected chi connectivity index (χ2v) is 7.26. The second-order valence-electron chi connectivity index (χ2n) is 7.26. The van der Waals surface area contributed by atoms with Gasteiger partial charge in [-0.05, 0) is 50.9 Å². The van der Waals surface area contributed by atoms with Gasteiger partial charge in [-0.1, -0.05) is 27.2 Å². The molecule has 1 saturated carbocycles. The predicted molar refractivity (Wildman–Crippen MR) is 83.8 cm³/mol. The summed E-state index contributed by atoms with van der Waals surface area (Å²) >= 11 is 0. The molecule has 120 valence electrons. The molecule has 2 aliphatic rings. The van der Waals surface area contributed by atoms with Crippen LogP contribution in [0.15, 0.2) is 0 Å². The standard InChI is InChI=1S/C17H30N2O2/c1-5-7-14-15(20)19(11-6-8-12(2)3)17(4,13-9-10-13)16(21)18-14/h12-14H,5-11H2,1-4H3,(H,18,21). The van der Waals surface area contributed by atoms with E-state index in [1.54, 1.807) is 0 Å². The van der Waals surface area contributed by atoms with Crippen molar-refractivity contribution in [3.63, 3.8) is 0 Å². The molecule has 1 aliphatic carbocycles. The van der Waals surface area contributed by atoms with Crippen LogP contribution in [-0.4, -0.2) is 34.8 Å². The van der Waals surface area contributed by atoms with E-state index in [9.17, 15) is 9.59 Å². The summed E-state index contributed by atoms with van der Waals surface area (Å²) in [5, 5.41) is 2.98. The SMILES string of the molecule is CCCC1NC(=O)C(C)(C2CC2)N(CCCC(C)C)C1=O. The fourth-order valence-electron chi connectivity index (χ4n) is 3.44. The van der Waals surface area contributed by atoms with E-state index in [1.165, 1.54) is 0 Å². The maximum atomic E-state index is 12.8. The number of carbonyl (C=O) groups is 2. The van der Waals surface area contributed by atoms with E-state index < -0.39 is 5.54 Å². The molecule has 4 nitrogen and oxygen atoms in total. The van der Waals surface area contributed by atoms with E-state index in [2.05, 4.69) is 26.1 Å². The molecule has 21 heavy (non-hydrogen) atoms. The molecule has 0 aromatic carbocycles. The van der Waals surface area contributed by atoms with E-state index in [4.69, 9.17) is 0 Å². The molecular weight excluding hydrogens is 264 g/mol. The van der Waals surface area contributed by atoms with Gasteiger partial charge in [0.15, 0.2) is 0 Å². The lowest BCUT2D eigenvalue weighted by atomic mass is 9.87. The Labute approximate surface area is 128 Å². The number of amides is 2. The molecule has 2 amide bonds. The first kappa shape index (κ1) is 16.3. The van der Waals surface area contributed by atoms with Crippen molar-refractivity contribution in [1.29, 1.82) is 0 Å². The van der Waals surface area contributed by atoms with Crippen molar-refractivity contribution in [2.75, 3.05) is 6.54 Å². The molecule has 4 heteroatoms. The summed E-state index contributed by atoms with van der Waals surface area (Å²) in [5.41, 5.74) is -0.613. The molecular formula is C17H30N2O2. The van der Waals surface area contributed by atoms with Gasteiger partial charge in [-0.2, -0.15) is 0 Å². The molecule has 0 radical (unpaired) electrons. The Morgan fingerprint density at radius 1 is 1.33 bits per heavy atom. The number of rotatable bonds is 7. The molecule has 0 aromatic heterocycles. The monoisotopic (exact) mass is 294 g/mol. The first-order chi connectivity index (χ1) is 9.91. The summed E-state index contributed by atoms with van der Waals surface area (Å²) in [7, 11) is 0. The Bertz CT molecular complexity index is 404. The zero-order chi connectivity index (χ0) is 15.6. The Balaban J connectivity index is 2.14. The first-order valence-electron chi connectivity index (χ1n) is 8.53. The summed E-state index contributed by atoms with van der Waals surface area (Å²) < 4.78 is 0. The second kappa shape index (κ2) is 6.37. The van der Waals surface area contributed by atoms with E-state index >= 15 is 0 Å². The van der Waals surface area contributed by atoms with Gasteiger partial charge in [0, 0.05) is 6.54 Å². The maximum absolute atomic E-state index is 12.8. The number of nitrogens with one attached hydrogen (secondary N) is 1. The molecule has 2 rings (SSSR count). The smallest absolute Gasteiger partial charge is 0.246 e. The van der Waals surface area contributed by atoms with Gasteiger partial charge in [0.2, 0.25) is 11.8 Å². The van der Waals surface area contributed by atoms with E-state index in [0.29, 0.717) is 11.8 Å². The number of nitrogens with zero attached hydrogens (tertiary/aromatic N) is 1. The van der Waals surface area contributed by atoms with Crippen LogP contribution >= 0.6 is 0 Å². The van der Waals surface area contributed by atoms with Gasteiger partial charge in [-0.3, -0.25) is 9.59 Å². The fraction of sp³-hybridized carbons (Fsp3) is 0.882. The number of hydrogen-bond donors (Lipinski definition) is 1. The highest BCUT2D eigenvalue weighted by atomic mass is 16.2. The summed E-state index contributed by atoms with van der Waals surface area (Å²) in [6.07, 6.45) is 5.87. The van der Waals surface area contributed by atoms with Gasteiger partial charge < -0.3 is 10.2 Å². The van der Waals surface area contributed by atoms with Crippen molar-refractivity contribution in [2.45, 2.75) is 77.8 Å². The minimum atomic E-state index is -0.613. The minimum absolute atomic E-state index is 0.0626. The van der Waals surface area contributed by atoms with Crippen LogP contribution < -0.4 is 5.32 Å². The van der Waals surface area contributed by atoms with Gasteiger partial charge >= 0.3 is 0 Å². The molecule has 1 heterocycles. The van der Waals surface area contributed by atoms with Crippen LogP contribution in [0.4, 0.5) is 0 Å². The molecule has 1 N–H and O–H groups in total. The Hall–Kier alpha value is -1.06. The molecule has 2 atom stereocenters. The quantitative estimate of drug-likeness (QED) is 0.785. The van der Waals surface area contributed by atoms with Crippen molar-refractivity contribution < 1.29 is 9.59 Å². The first-order valence-corrected chi connectivity index (χ1v) is 8.53. The minimum Gasteiger partial charge on any atom is -0.342 e. The largest absolute Gasteiger partial charge is 0.342 e. The molecule has 2 unspecified atom stereocenters. The van der Waals surface area contributed by atoms with Crippen LogP contribution in [0.1, 0.15) is 66.2 Å². The predicted octanol–water partition coefficient (Wildman–Crippen LogP) is 2.72. The van der Waals surface area contributed by atoms with Crippen LogP contribution in [0, 0.1) is 11.8 Å². The zero-order valence-corrected chi connectivity index (χ0v) is 13.9. The van der Waals surface area contributed by atoms with Gasteiger partial charge in [0.1, 0.15) is 11.6 Å². The van der Waals surface area contributed by atoms with Crippen LogP contribution in [0.3, 0.4) is 0 Å². The molecule has 0 spiro atoms. The maximum Gasteiger partial charge on any atom is 0.246 e. The summed E-state index contributed by atoms with van der Waals surface area (Å²) in [5.74, 6) is 1.18. The van der Waals surface area contributed by atoms with E-state index in [0.717, 1.165) is 45.1 Å². The highest BCUT2D eigenvalue weighted by Gasteiger charge is 2.56. The van der Waals surface area contributed by atoms with Gasteiger partial charge in [0.25, 0.3) is 0 Å². The van der Waals surface area contributed by atoms with Gasteiger partial charge in [0.05, 0.1) is 0 Å². The van der Waals surface area contributed by atoms with Crippen LogP contribution in [0.2, 0.25) is 0 Å². The van der Waals surface area contributed by atoms with Crippen LogP contribution in [-0.2, 0) is 9.59 Å². The Kier molecular flexibility index (Phi) is 4.95. The number of carbonyl (C=O) groups excluding carboxylic acids is 2. The van der Waals surface area contributed by atoms with E-state index in [-0.39, 0.29) is 17.9 Å². The summed E-state index contributed by atoms with van der Waals surface area (Å²) in [4.78, 5) is 27.3. The van der Waals surface area contributed by atoms with Crippen LogP contribution in [0.5, 0.6) is 0 Å². The summed E-state index contributed by atoms with van der Waals surface area (Å²) in [6, 6.07) is -0.312. The Morgan fingerprint density at radius 3 is 2.52 bits per heavy atom. The normalized spacial score (nSPS) is 30.0. The molecule has 0 aromatic rings. The lowest BCUT2D eigenvalue weighted by Gasteiger charge is -2.47. The fourth-order valence-corrected chi connectivity index (χ4v) is 3.44. The third-order valence-corrected chi connectivity index (χ3v) is 5.00. The lowest BCUT2D eigenvalue weighted by Crippen LogP contribution is -2.70. The number of piperazine rings is 1. The molecule has 1 aliphatic heterocycles. The highest BCUT2D eigenvalue weighted by Crippen LogP contribution is 2.45. The van der Waals surface area contributed by atoms with Crippen molar-refractivity contribution >= 4 is 11.8 Å². The number of hydrogen-bond acceptors (Lipinski definition) is 2. The third kappa shape index (κ3) is 3.24. The summed E-state index contributed by atoms with van der Waals surface area (Å²) in [6.45, 7) is 9.14. The topological polar surface area (TPSA) is 49.4 Å². The zero-order valence-electron chi connectivity index (χ0n) is 13.9. The van der Waals surface area contributed by atoms with Crippen molar-refractivity contribution in [3.8, 4) is 0 Å². The van der Waals surface area contributed by atoms with Crippen molar-refractivity contribution in [2.24, 2.45) is 11.8 Å². The Morgan fingerprint density at radius 2 is 2.00 bits per heavy atom. The van der Waals surface area contributed by atoms with Crippen LogP contribution in [0.25, 0.3) is 0 Å². The van der Waals surface area contributed by atoms with E-state index in [1.807, 2.05) is 11.8 Å².